The second-order valence-electron chi connectivity index (χ2n) is 9.55. The lowest BCUT2D eigenvalue weighted by Gasteiger charge is -2.35. The Balaban J connectivity index is 1.53. The zero-order valence-electron chi connectivity index (χ0n) is 20.6. The first-order chi connectivity index (χ1) is 18.2. The van der Waals surface area contributed by atoms with Crippen LogP contribution in [0.15, 0.2) is 40.0 Å². The van der Waals surface area contributed by atoms with Crippen LogP contribution in [0.3, 0.4) is 0 Å². The van der Waals surface area contributed by atoms with Crippen LogP contribution in [0.25, 0.3) is 0 Å². The van der Waals surface area contributed by atoms with Gasteiger partial charge in [0.15, 0.2) is 22.5 Å². The SMILES string of the molecule is COC(=O)C1=C(C2CCC(S(=O)(=O)N3CCCC3)CC2)NC(c2nccs2)=NC1c1ccc(F)c(F)c1Cl. The topological polar surface area (TPSA) is 101 Å². The molecule has 8 nitrogen and oxygen atoms in total. The van der Waals surface area contributed by atoms with Crippen LogP contribution in [0.4, 0.5) is 8.78 Å². The van der Waals surface area contributed by atoms with Crippen molar-refractivity contribution in [2.75, 3.05) is 20.2 Å². The van der Waals surface area contributed by atoms with E-state index in [1.54, 1.807) is 15.9 Å². The molecule has 38 heavy (non-hydrogen) atoms. The van der Waals surface area contributed by atoms with Crippen molar-refractivity contribution in [3.05, 3.63) is 62.2 Å². The molecule has 2 aromatic rings. The summed E-state index contributed by atoms with van der Waals surface area (Å²) in [6, 6.07) is 1.17. The average Bonchev–Trinajstić information content (AvgIpc) is 3.66. The summed E-state index contributed by atoms with van der Waals surface area (Å²) in [5.41, 5.74) is 0.760. The number of thiazole rings is 1. The van der Waals surface area contributed by atoms with Crippen LogP contribution in [0.2, 0.25) is 5.02 Å². The molecule has 2 fully saturated rings. The van der Waals surface area contributed by atoms with Crippen molar-refractivity contribution in [2.45, 2.75) is 49.8 Å². The van der Waals surface area contributed by atoms with E-state index >= 15 is 0 Å². The number of sulfonamides is 1. The molecule has 5 rings (SSSR count). The second-order valence-corrected chi connectivity index (χ2v) is 13.0. The van der Waals surface area contributed by atoms with Gasteiger partial charge in [0.2, 0.25) is 10.0 Å². The number of esters is 1. The number of halogens is 3. The van der Waals surface area contributed by atoms with E-state index < -0.39 is 43.9 Å². The highest BCUT2D eigenvalue weighted by Gasteiger charge is 2.41. The van der Waals surface area contributed by atoms with E-state index in [9.17, 15) is 22.0 Å². The number of methoxy groups -OCH3 is 1. The molecule has 0 radical (unpaired) electrons. The Morgan fingerprint density at radius 3 is 2.53 bits per heavy atom. The molecule has 0 bridgehead atoms. The van der Waals surface area contributed by atoms with E-state index in [-0.39, 0.29) is 17.1 Å². The fourth-order valence-electron chi connectivity index (χ4n) is 5.45. The molecule has 1 aromatic carbocycles. The smallest absolute Gasteiger partial charge is 0.338 e. The molecule has 3 aliphatic rings. The van der Waals surface area contributed by atoms with Crippen molar-refractivity contribution >= 4 is 44.8 Å². The number of ether oxygens (including phenoxy) is 1. The summed E-state index contributed by atoms with van der Waals surface area (Å²) in [7, 11) is -2.15. The minimum absolute atomic E-state index is 0.115. The Morgan fingerprint density at radius 1 is 1.18 bits per heavy atom. The summed E-state index contributed by atoms with van der Waals surface area (Å²) in [5, 5.41) is 4.61. The van der Waals surface area contributed by atoms with Gasteiger partial charge in [-0.15, -0.1) is 11.3 Å². The number of amidine groups is 1. The molecular weight excluding hydrogens is 558 g/mol. The summed E-state index contributed by atoms with van der Waals surface area (Å²) in [5.74, 6) is -2.89. The number of hydrogen-bond donors (Lipinski definition) is 1. The predicted octanol–water partition coefficient (Wildman–Crippen LogP) is 4.58. The number of allylic oxidation sites excluding steroid dienone is 1. The number of carbonyl (C=O) groups excluding carboxylic acids is 1. The molecule has 1 N–H and O–H groups in total. The number of benzene rings is 1. The van der Waals surface area contributed by atoms with Crippen molar-refractivity contribution in [2.24, 2.45) is 10.9 Å². The summed E-state index contributed by atoms with van der Waals surface area (Å²) in [6.07, 6.45) is 5.24. The van der Waals surface area contributed by atoms with Gasteiger partial charge in [0.25, 0.3) is 0 Å². The van der Waals surface area contributed by atoms with E-state index in [2.05, 4.69) is 15.3 Å². The van der Waals surface area contributed by atoms with Gasteiger partial charge in [-0.2, -0.15) is 0 Å². The Labute approximate surface area is 228 Å². The number of rotatable bonds is 6. The molecule has 1 saturated carbocycles. The molecule has 0 amide bonds. The molecule has 2 aliphatic heterocycles. The van der Waals surface area contributed by atoms with Gasteiger partial charge in [-0.1, -0.05) is 17.7 Å². The molecule has 1 unspecified atom stereocenters. The lowest BCUT2D eigenvalue weighted by Crippen LogP contribution is -2.41. The highest BCUT2D eigenvalue weighted by Crippen LogP contribution is 2.42. The molecule has 1 aliphatic carbocycles. The van der Waals surface area contributed by atoms with Crippen molar-refractivity contribution in [3.63, 3.8) is 0 Å². The Hall–Kier alpha value is -2.41. The minimum Gasteiger partial charge on any atom is -0.466 e. The Morgan fingerprint density at radius 2 is 1.89 bits per heavy atom. The first-order valence-electron chi connectivity index (χ1n) is 12.4. The first kappa shape index (κ1) is 27.2. The van der Waals surface area contributed by atoms with Crippen molar-refractivity contribution < 1.29 is 26.7 Å². The Kier molecular flexibility index (Phi) is 7.86. The quantitative estimate of drug-likeness (QED) is 0.394. The van der Waals surface area contributed by atoms with Crippen molar-refractivity contribution in [1.82, 2.24) is 14.6 Å². The zero-order chi connectivity index (χ0) is 27.0. The summed E-state index contributed by atoms with van der Waals surface area (Å²) < 4.78 is 61.4. The zero-order valence-corrected chi connectivity index (χ0v) is 23.0. The third-order valence-electron chi connectivity index (χ3n) is 7.40. The largest absolute Gasteiger partial charge is 0.466 e. The van der Waals surface area contributed by atoms with E-state index in [1.807, 2.05) is 0 Å². The monoisotopic (exact) mass is 584 g/mol. The van der Waals surface area contributed by atoms with Gasteiger partial charge < -0.3 is 10.1 Å². The number of aromatic nitrogens is 1. The predicted molar refractivity (Wildman–Crippen MR) is 140 cm³/mol. The molecular formula is C25H27ClF2N4O4S2. The van der Waals surface area contributed by atoms with Crippen LogP contribution in [0.1, 0.15) is 55.1 Å². The molecule has 204 valence electrons. The molecule has 1 atom stereocenters. The highest BCUT2D eigenvalue weighted by atomic mass is 35.5. The van der Waals surface area contributed by atoms with Gasteiger partial charge in [0.05, 0.1) is 23.0 Å². The Bertz CT molecular complexity index is 1380. The maximum absolute atomic E-state index is 14.5. The van der Waals surface area contributed by atoms with Crippen LogP contribution in [0, 0.1) is 17.6 Å². The molecule has 1 saturated heterocycles. The van der Waals surface area contributed by atoms with Gasteiger partial charge in [-0.25, -0.2) is 31.3 Å². The van der Waals surface area contributed by atoms with Crippen molar-refractivity contribution in [1.29, 1.82) is 0 Å². The maximum atomic E-state index is 14.5. The normalized spacial score (nSPS) is 24.7. The lowest BCUT2D eigenvalue weighted by molar-refractivity contribution is -0.136. The summed E-state index contributed by atoms with van der Waals surface area (Å²) in [4.78, 5) is 22.1. The summed E-state index contributed by atoms with van der Waals surface area (Å²) >= 11 is 7.54. The summed E-state index contributed by atoms with van der Waals surface area (Å²) in [6.45, 7) is 1.12. The van der Waals surface area contributed by atoms with Gasteiger partial charge in [-0.3, -0.25) is 4.99 Å². The molecule has 1 aromatic heterocycles. The van der Waals surface area contributed by atoms with Crippen LogP contribution >= 0.6 is 22.9 Å². The molecule has 13 heteroatoms. The third kappa shape index (κ3) is 4.99. The van der Waals surface area contributed by atoms with E-state index in [0.29, 0.717) is 55.3 Å². The standard InChI is InChI=1S/C25H27ClF2N4O4S2/c1-36-25(33)18-21(14-4-6-15(7-5-14)38(34,35)32-11-2-3-12-32)30-23(24-29-10-13-37-24)31-22(18)16-8-9-17(27)20(28)19(16)26/h8-10,13-15,22H,2-7,11-12H2,1H3,(H,30,31). The van der Waals surface area contributed by atoms with Crippen LogP contribution in [-0.4, -0.2) is 55.0 Å². The number of aliphatic imine (C=N–C) groups is 1. The van der Waals surface area contributed by atoms with E-state index in [1.165, 1.54) is 24.5 Å². The van der Waals surface area contributed by atoms with Crippen LogP contribution in [0.5, 0.6) is 0 Å². The molecule has 3 heterocycles. The van der Waals surface area contributed by atoms with Crippen LogP contribution in [-0.2, 0) is 19.6 Å². The van der Waals surface area contributed by atoms with E-state index in [0.717, 1.165) is 18.9 Å². The van der Waals surface area contributed by atoms with Crippen molar-refractivity contribution in [3.8, 4) is 0 Å². The van der Waals surface area contributed by atoms with Gasteiger partial charge >= 0.3 is 5.97 Å². The highest BCUT2D eigenvalue weighted by molar-refractivity contribution is 7.89. The van der Waals surface area contributed by atoms with Gasteiger partial charge in [0.1, 0.15) is 6.04 Å². The second kappa shape index (κ2) is 11.0. The average molecular weight is 585 g/mol. The van der Waals surface area contributed by atoms with Gasteiger partial charge in [0, 0.05) is 35.9 Å². The number of nitrogens with zero attached hydrogens (tertiary/aromatic N) is 3. The fraction of sp³-hybridized carbons (Fsp3) is 0.480. The van der Waals surface area contributed by atoms with E-state index in [4.69, 9.17) is 16.3 Å². The first-order valence-corrected chi connectivity index (χ1v) is 15.2. The minimum atomic E-state index is -3.39. The van der Waals surface area contributed by atoms with Crippen LogP contribution < -0.4 is 5.32 Å². The maximum Gasteiger partial charge on any atom is 0.338 e. The van der Waals surface area contributed by atoms with Gasteiger partial charge in [-0.05, 0) is 50.5 Å². The number of carbonyl (C=O) groups is 1. The molecule has 0 spiro atoms. The fourth-order valence-corrected chi connectivity index (χ4v) is 8.35. The number of nitrogens with one attached hydrogen (secondary N) is 1. The third-order valence-corrected chi connectivity index (χ3v) is 11.0. The lowest BCUT2D eigenvalue weighted by atomic mass is 9.82. The number of hydrogen-bond acceptors (Lipinski definition) is 8.